The van der Waals surface area contributed by atoms with Crippen LogP contribution in [0, 0.1) is 0 Å². The van der Waals surface area contributed by atoms with E-state index in [9.17, 15) is 9.59 Å². The summed E-state index contributed by atoms with van der Waals surface area (Å²) in [6.07, 6.45) is 1.08. The Morgan fingerprint density at radius 3 is 2.13 bits per heavy atom. The number of likely N-dealkylation sites (tertiary alicyclic amines) is 1. The first-order valence-electron chi connectivity index (χ1n) is 5.48. The number of hydrogen-bond acceptors (Lipinski definition) is 2. The minimum absolute atomic E-state index is 0.0450. The minimum Gasteiger partial charge on any atom is -0.341 e. The van der Waals surface area contributed by atoms with Crippen LogP contribution in [0.4, 0.5) is 0 Å². The summed E-state index contributed by atoms with van der Waals surface area (Å²) in [5, 5.41) is 0. The third-order valence-corrected chi connectivity index (χ3v) is 3.04. The topological polar surface area (TPSA) is 40.6 Å². The van der Waals surface area contributed by atoms with Crippen LogP contribution in [-0.2, 0) is 9.59 Å². The molecule has 0 N–H and O–H groups in total. The molecule has 0 atom stereocenters. The van der Waals surface area contributed by atoms with E-state index in [1.807, 2.05) is 25.7 Å². The van der Waals surface area contributed by atoms with Gasteiger partial charge in [-0.05, 0) is 27.2 Å². The number of carbonyl (C=O) groups excluding carboxylic acids is 2. The normalized spacial score (nSPS) is 15.9. The molecule has 0 aromatic rings. The maximum atomic E-state index is 12.1. The summed E-state index contributed by atoms with van der Waals surface area (Å²) in [6.45, 7) is 9.27. The Balaban J connectivity index is 2.78. The second-order valence-corrected chi connectivity index (χ2v) is 4.47. The number of nitrogens with zero attached hydrogens (tertiary/aromatic N) is 2. The van der Waals surface area contributed by atoms with Gasteiger partial charge in [0, 0.05) is 26.6 Å². The molecule has 1 rings (SSSR count). The van der Waals surface area contributed by atoms with E-state index in [2.05, 4.69) is 0 Å². The molecule has 0 unspecified atom stereocenters. The predicted molar refractivity (Wildman–Crippen MR) is 58.3 cm³/mol. The first-order chi connectivity index (χ1) is 6.91. The lowest BCUT2D eigenvalue weighted by molar-refractivity contribution is -0.153. The molecule has 2 amide bonds. The third-order valence-electron chi connectivity index (χ3n) is 3.04. The van der Waals surface area contributed by atoms with E-state index in [0.29, 0.717) is 6.54 Å². The monoisotopic (exact) mass is 212 g/mol. The van der Waals surface area contributed by atoms with Gasteiger partial charge in [-0.2, -0.15) is 0 Å². The van der Waals surface area contributed by atoms with Gasteiger partial charge in [0.15, 0.2) is 0 Å². The molecule has 1 fully saturated rings. The molecule has 86 valence electrons. The molecule has 0 aliphatic carbocycles. The van der Waals surface area contributed by atoms with Crippen LogP contribution in [0.2, 0.25) is 0 Å². The quantitative estimate of drug-likeness (QED) is 0.696. The van der Waals surface area contributed by atoms with Crippen molar-refractivity contribution < 1.29 is 9.59 Å². The highest BCUT2D eigenvalue weighted by Gasteiger charge is 2.39. The molecule has 15 heavy (non-hydrogen) atoms. The predicted octanol–water partition coefficient (Wildman–Crippen LogP) is 0.866. The highest BCUT2D eigenvalue weighted by atomic mass is 16.2. The first-order valence-corrected chi connectivity index (χ1v) is 5.48. The summed E-state index contributed by atoms with van der Waals surface area (Å²) in [6, 6.07) is 0. The molecule has 1 aliphatic rings. The van der Waals surface area contributed by atoms with Gasteiger partial charge < -0.3 is 9.80 Å². The minimum atomic E-state index is -0.707. The fourth-order valence-electron chi connectivity index (χ4n) is 2.03. The molecule has 0 radical (unpaired) electrons. The van der Waals surface area contributed by atoms with Gasteiger partial charge in [-0.25, -0.2) is 0 Å². The average Bonchev–Trinajstić information content (AvgIpc) is 2.00. The number of carbonyl (C=O) groups is 2. The van der Waals surface area contributed by atoms with Gasteiger partial charge in [0.25, 0.3) is 0 Å². The molecule has 0 bridgehead atoms. The van der Waals surface area contributed by atoms with Crippen LogP contribution < -0.4 is 0 Å². The number of hydrogen-bond donors (Lipinski definition) is 0. The maximum Gasteiger partial charge on any atom is 0.247 e. The van der Waals surface area contributed by atoms with Crippen molar-refractivity contribution in [1.29, 1.82) is 0 Å². The van der Waals surface area contributed by atoms with Crippen molar-refractivity contribution in [3.8, 4) is 0 Å². The Bertz CT molecular complexity index is 270. The number of rotatable bonds is 3. The van der Waals surface area contributed by atoms with Gasteiger partial charge >= 0.3 is 0 Å². The van der Waals surface area contributed by atoms with Crippen molar-refractivity contribution in [2.45, 2.75) is 39.7 Å². The largest absolute Gasteiger partial charge is 0.341 e. The van der Waals surface area contributed by atoms with E-state index < -0.39 is 5.54 Å². The molecule has 1 saturated heterocycles. The molecule has 0 saturated carbocycles. The van der Waals surface area contributed by atoms with Crippen LogP contribution in [0.1, 0.15) is 34.1 Å². The SMILES string of the molecule is CCN(C(C)=O)C(C)(C)C(=O)N1CCC1. The Morgan fingerprint density at radius 2 is 1.87 bits per heavy atom. The zero-order valence-electron chi connectivity index (χ0n) is 10.0. The van der Waals surface area contributed by atoms with Gasteiger partial charge in [-0.3, -0.25) is 9.59 Å². The van der Waals surface area contributed by atoms with Crippen LogP contribution in [0.3, 0.4) is 0 Å². The molecule has 1 aliphatic heterocycles. The van der Waals surface area contributed by atoms with Crippen molar-refractivity contribution >= 4 is 11.8 Å². The molecule has 4 nitrogen and oxygen atoms in total. The molecule has 4 heteroatoms. The van der Waals surface area contributed by atoms with Crippen molar-refractivity contribution in [2.24, 2.45) is 0 Å². The van der Waals surface area contributed by atoms with E-state index in [4.69, 9.17) is 0 Å². The Labute approximate surface area is 91.2 Å². The van der Waals surface area contributed by atoms with Gasteiger partial charge in [0.2, 0.25) is 11.8 Å². The molecular weight excluding hydrogens is 192 g/mol. The average molecular weight is 212 g/mol. The fraction of sp³-hybridized carbons (Fsp3) is 0.818. The van der Waals surface area contributed by atoms with Crippen LogP contribution in [-0.4, -0.2) is 46.8 Å². The lowest BCUT2D eigenvalue weighted by Gasteiger charge is -2.42. The van der Waals surface area contributed by atoms with Crippen molar-refractivity contribution in [3.05, 3.63) is 0 Å². The van der Waals surface area contributed by atoms with Crippen molar-refractivity contribution in [3.63, 3.8) is 0 Å². The van der Waals surface area contributed by atoms with E-state index in [-0.39, 0.29) is 11.8 Å². The Kier molecular flexibility index (Phi) is 3.37. The van der Waals surface area contributed by atoms with E-state index in [1.54, 1.807) is 4.90 Å². The van der Waals surface area contributed by atoms with Gasteiger partial charge in [-0.1, -0.05) is 0 Å². The van der Waals surface area contributed by atoms with Crippen LogP contribution in [0.25, 0.3) is 0 Å². The summed E-state index contributed by atoms with van der Waals surface area (Å²) >= 11 is 0. The summed E-state index contributed by atoms with van der Waals surface area (Å²) < 4.78 is 0. The van der Waals surface area contributed by atoms with Gasteiger partial charge in [0.1, 0.15) is 5.54 Å². The van der Waals surface area contributed by atoms with E-state index >= 15 is 0 Å². The highest BCUT2D eigenvalue weighted by Crippen LogP contribution is 2.21. The lowest BCUT2D eigenvalue weighted by atomic mass is 9.98. The van der Waals surface area contributed by atoms with Crippen LogP contribution in [0.5, 0.6) is 0 Å². The standard InChI is InChI=1S/C11H20N2O2/c1-5-13(9(2)14)11(3,4)10(15)12-7-6-8-12/h5-8H2,1-4H3. The summed E-state index contributed by atoms with van der Waals surface area (Å²) in [7, 11) is 0. The second kappa shape index (κ2) is 4.21. The Morgan fingerprint density at radius 1 is 1.33 bits per heavy atom. The summed E-state index contributed by atoms with van der Waals surface area (Å²) in [4.78, 5) is 26.9. The van der Waals surface area contributed by atoms with Crippen molar-refractivity contribution in [2.75, 3.05) is 19.6 Å². The van der Waals surface area contributed by atoms with Gasteiger partial charge in [0.05, 0.1) is 0 Å². The van der Waals surface area contributed by atoms with Gasteiger partial charge in [-0.15, -0.1) is 0 Å². The number of amides is 2. The third kappa shape index (κ3) is 2.13. The fourth-order valence-corrected chi connectivity index (χ4v) is 2.03. The van der Waals surface area contributed by atoms with Crippen molar-refractivity contribution in [1.82, 2.24) is 9.80 Å². The molecule has 1 heterocycles. The Hall–Kier alpha value is -1.06. The molecular formula is C11H20N2O2. The zero-order valence-corrected chi connectivity index (χ0v) is 10.0. The van der Waals surface area contributed by atoms with Crippen LogP contribution in [0.15, 0.2) is 0 Å². The molecule has 0 spiro atoms. The highest BCUT2D eigenvalue weighted by molar-refractivity contribution is 5.90. The zero-order chi connectivity index (χ0) is 11.6. The van der Waals surface area contributed by atoms with E-state index in [0.717, 1.165) is 19.5 Å². The number of likely N-dealkylation sites (N-methyl/N-ethyl adjacent to an activating group) is 1. The summed E-state index contributed by atoms with van der Waals surface area (Å²) in [5.74, 6) is 0.0159. The van der Waals surface area contributed by atoms with E-state index in [1.165, 1.54) is 6.92 Å². The second-order valence-electron chi connectivity index (χ2n) is 4.47. The first kappa shape index (κ1) is 12.0. The lowest BCUT2D eigenvalue weighted by Crippen LogP contribution is -2.60. The maximum absolute atomic E-state index is 12.1. The smallest absolute Gasteiger partial charge is 0.247 e. The molecule has 0 aromatic heterocycles. The van der Waals surface area contributed by atoms with Crippen LogP contribution >= 0.6 is 0 Å². The summed E-state index contributed by atoms with van der Waals surface area (Å²) in [5.41, 5.74) is -0.707. The molecule has 0 aromatic carbocycles.